The smallest absolute Gasteiger partial charge is 0.262 e. The second-order valence-corrected chi connectivity index (χ2v) is 8.80. The van der Waals surface area contributed by atoms with Crippen LogP contribution in [0.3, 0.4) is 0 Å². The van der Waals surface area contributed by atoms with Crippen molar-refractivity contribution in [2.24, 2.45) is 5.41 Å². The van der Waals surface area contributed by atoms with Crippen LogP contribution >= 0.6 is 22.9 Å². The number of amides is 2. The predicted octanol–water partition coefficient (Wildman–Crippen LogP) is 5.58. The van der Waals surface area contributed by atoms with E-state index >= 15 is 0 Å². The van der Waals surface area contributed by atoms with Crippen LogP contribution in [0.1, 0.15) is 61.0 Å². The van der Waals surface area contributed by atoms with Gasteiger partial charge in [0, 0.05) is 10.4 Å². The minimum atomic E-state index is -0.484. The highest BCUT2D eigenvalue weighted by atomic mass is 35.5. The van der Waals surface area contributed by atoms with Gasteiger partial charge >= 0.3 is 0 Å². The molecule has 1 unspecified atom stereocenters. The molecule has 0 radical (unpaired) electrons. The largest absolute Gasteiger partial charge is 0.345 e. The maximum absolute atomic E-state index is 12.7. The van der Waals surface area contributed by atoms with Crippen LogP contribution in [-0.4, -0.2) is 11.8 Å². The third-order valence-electron chi connectivity index (χ3n) is 4.03. The van der Waals surface area contributed by atoms with Gasteiger partial charge in [0.05, 0.1) is 15.9 Å². The van der Waals surface area contributed by atoms with E-state index in [9.17, 15) is 9.59 Å². The Morgan fingerprint density at radius 1 is 1.19 bits per heavy atom. The molecule has 2 rings (SSSR count). The summed E-state index contributed by atoms with van der Waals surface area (Å²) in [5, 5.41) is 7.32. The fourth-order valence-corrected chi connectivity index (χ4v) is 3.51. The highest BCUT2D eigenvalue weighted by Gasteiger charge is 2.23. The summed E-state index contributed by atoms with van der Waals surface area (Å²) in [5.41, 5.74) is 1.38. The fraction of sp³-hybridized carbons (Fsp3) is 0.400. The van der Waals surface area contributed by atoms with Gasteiger partial charge in [0.15, 0.2) is 0 Å². The van der Waals surface area contributed by atoms with E-state index in [4.69, 9.17) is 11.6 Å². The van der Waals surface area contributed by atoms with Crippen LogP contribution in [0, 0.1) is 12.3 Å². The van der Waals surface area contributed by atoms with Crippen molar-refractivity contribution in [3.8, 4) is 0 Å². The molecule has 140 valence electrons. The molecule has 0 saturated heterocycles. The van der Waals surface area contributed by atoms with Crippen molar-refractivity contribution in [3.05, 3.63) is 51.4 Å². The molecule has 0 aliphatic heterocycles. The molecule has 0 bridgehead atoms. The van der Waals surface area contributed by atoms with Crippen molar-refractivity contribution in [1.82, 2.24) is 5.32 Å². The first-order valence-corrected chi connectivity index (χ1v) is 9.79. The number of benzene rings is 1. The quantitative estimate of drug-likeness (QED) is 0.698. The molecule has 2 N–H and O–H groups in total. The second kappa shape index (κ2) is 8.23. The summed E-state index contributed by atoms with van der Waals surface area (Å²) in [7, 11) is 0. The Morgan fingerprint density at radius 2 is 1.81 bits per heavy atom. The Kier molecular flexibility index (Phi) is 6.48. The topological polar surface area (TPSA) is 58.2 Å². The average molecular weight is 393 g/mol. The summed E-state index contributed by atoms with van der Waals surface area (Å²) in [5.74, 6) is -0.205. The molecule has 4 nitrogen and oxygen atoms in total. The van der Waals surface area contributed by atoms with E-state index in [2.05, 4.69) is 10.6 Å². The summed E-state index contributed by atoms with van der Waals surface area (Å²) in [4.78, 5) is 25.5. The van der Waals surface area contributed by atoms with Gasteiger partial charge in [-0.1, -0.05) is 51.4 Å². The monoisotopic (exact) mass is 392 g/mol. The number of halogens is 1. The van der Waals surface area contributed by atoms with Gasteiger partial charge in [0.1, 0.15) is 0 Å². The number of thiophene rings is 1. The zero-order valence-electron chi connectivity index (χ0n) is 15.8. The number of carbonyl (C=O) groups excluding carboxylic acids is 2. The van der Waals surface area contributed by atoms with Crippen molar-refractivity contribution in [2.75, 3.05) is 5.32 Å². The lowest BCUT2D eigenvalue weighted by atomic mass is 9.96. The summed E-state index contributed by atoms with van der Waals surface area (Å²) in [6.07, 6.45) is 0.769. The van der Waals surface area contributed by atoms with Crippen molar-refractivity contribution >= 4 is 39.8 Å². The van der Waals surface area contributed by atoms with Crippen molar-refractivity contribution in [2.45, 2.75) is 47.1 Å². The van der Waals surface area contributed by atoms with E-state index < -0.39 is 5.41 Å². The lowest BCUT2D eigenvalue weighted by Crippen LogP contribution is -2.28. The van der Waals surface area contributed by atoms with Crippen LogP contribution in [0.2, 0.25) is 5.02 Å². The predicted molar refractivity (Wildman–Crippen MR) is 109 cm³/mol. The molecular formula is C20H25ClN2O2S. The zero-order chi connectivity index (χ0) is 19.5. The average Bonchev–Trinajstić information content (AvgIpc) is 2.93. The van der Waals surface area contributed by atoms with E-state index in [0.717, 1.165) is 17.5 Å². The number of nitrogens with one attached hydrogen (secondary N) is 2. The standard InChI is InChI=1S/C20H25ClN2O2S/c1-6-15(13-7-9-14(21)10-8-13)22-18(24)17-12(2)11-16(26-17)23-19(25)20(3,4)5/h7-11,15H,6H2,1-5H3,(H,22,24)(H,23,25). The van der Waals surface area contributed by atoms with Gasteiger partial charge in [-0.15, -0.1) is 11.3 Å². The lowest BCUT2D eigenvalue weighted by Gasteiger charge is -2.17. The molecule has 0 aliphatic rings. The number of anilines is 1. The van der Waals surface area contributed by atoms with Crippen molar-refractivity contribution < 1.29 is 9.59 Å². The molecular weight excluding hydrogens is 368 g/mol. The number of hydrogen-bond acceptors (Lipinski definition) is 3. The van der Waals surface area contributed by atoms with E-state index in [1.165, 1.54) is 11.3 Å². The Hall–Kier alpha value is -1.85. The third-order valence-corrected chi connectivity index (χ3v) is 5.43. The van der Waals surface area contributed by atoms with E-state index in [1.54, 1.807) is 0 Å². The normalized spacial score (nSPS) is 12.5. The molecule has 6 heteroatoms. The molecule has 0 fully saturated rings. The summed E-state index contributed by atoms with van der Waals surface area (Å²) in [6.45, 7) is 9.47. The SMILES string of the molecule is CCC(NC(=O)c1sc(NC(=O)C(C)(C)C)cc1C)c1ccc(Cl)cc1. The van der Waals surface area contributed by atoms with Gasteiger partial charge in [0.2, 0.25) is 5.91 Å². The van der Waals surface area contributed by atoms with Gasteiger partial charge in [0.25, 0.3) is 5.91 Å². The highest BCUT2D eigenvalue weighted by Crippen LogP contribution is 2.29. The molecule has 1 atom stereocenters. The van der Waals surface area contributed by atoms with Gasteiger partial charge in [-0.3, -0.25) is 9.59 Å². The van der Waals surface area contributed by atoms with E-state index in [1.807, 2.05) is 65.0 Å². The van der Waals surface area contributed by atoms with Crippen LogP contribution in [0.4, 0.5) is 5.00 Å². The molecule has 2 amide bonds. The molecule has 0 saturated carbocycles. The van der Waals surface area contributed by atoms with Gasteiger partial charge in [-0.25, -0.2) is 0 Å². The third kappa shape index (κ3) is 5.08. The summed E-state index contributed by atoms with van der Waals surface area (Å²) in [6, 6.07) is 9.24. The molecule has 1 heterocycles. The van der Waals surface area contributed by atoms with Crippen molar-refractivity contribution in [3.63, 3.8) is 0 Å². The van der Waals surface area contributed by atoms with Crippen molar-refractivity contribution in [1.29, 1.82) is 0 Å². The summed E-state index contributed by atoms with van der Waals surface area (Å²) >= 11 is 7.24. The van der Waals surface area contributed by atoms with Gasteiger partial charge < -0.3 is 10.6 Å². The Labute approximate surface area is 164 Å². The maximum Gasteiger partial charge on any atom is 0.262 e. The number of aryl methyl sites for hydroxylation is 1. The number of carbonyl (C=O) groups is 2. The highest BCUT2D eigenvalue weighted by molar-refractivity contribution is 7.18. The Morgan fingerprint density at radius 3 is 2.35 bits per heavy atom. The van der Waals surface area contributed by atoms with Crippen LogP contribution in [-0.2, 0) is 4.79 Å². The molecule has 1 aromatic heterocycles. The first kappa shape index (κ1) is 20.5. The van der Waals surface area contributed by atoms with Crippen LogP contribution in [0.15, 0.2) is 30.3 Å². The second-order valence-electron chi connectivity index (χ2n) is 7.31. The van der Waals surface area contributed by atoms with E-state index in [-0.39, 0.29) is 17.9 Å². The first-order chi connectivity index (χ1) is 12.1. The Balaban J connectivity index is 2.13. The molecule has 2 aromatic rings. The fourth-order valence-electron chi connectivity index (χ4n) is 2.41. The van der Waals surface area contributed by atoms with Gasteiger partial charge in [-0.05, 0) is 42.7 Å². The zero-order valence-corrected chi connectivity index (χ0v) is 17.3. The number of rotatable bonds is 5. The summed E-state index contributed by atoms with van der Waals surface area (Å²) < 4.78 is 0. The Bertz CT molecular complexity index is 791. The van der Waals surface area contributed by atoms with Gasteiger partial charge in [-0.2, -0.15) is 0 Å². The van der Waals surface area contributed by atoms with Crippen LogP contribution < -0.4 is 10.6 Å². The first-order valence-electron chi connectivity index (χ1n) is 8.60. The minimum Gasteiger partial charge on any atom is -0.345 e. The minimum absolute atomic E-state index is 0.0710. The van der Waals surface area contributed by atoms with Crippen LogP contribution in [0.5, 0.6) is 0 Å². The molecule has 1 aromatic carbocycles. The molecule has 26 heavy (non-hydrogen) atoms. The van der Waals surface area contributed by atoms with E-state index in [0.29, 0.717) is 14.9 Å². The van der Waals surface area contributed by atoms with Crippen LogP contribution in [0.25, 0.3) is 0 Å². The maximum atomic E-state index is 12.7. The lowest BCUT2D eigenvalue weighted by molar-refractivity contribution is -0.123. The molecule has 0 aliphatic carbocycles. The number of hydrogen-bond donors (Lipinski definition) is 2. The molecule has 0 spiro atoms.